The van der Waals surface area contributed by atoms with E-state index < -0.39 is 17.9 Å². The quantitative estimate of drug-likeness (QED) is 0.179. The predicted molar refractivity (Wildman–Crippen MR) is 163 cm³/mol. The number of aryl methyl sites for hydroxylation is 1. The van der Waals surface area contributed by atoms with Gasteiger partial charge in [0.2, 0.25) is 0 Å². The smallest absolute Gasteiger partial charge is 0.403 e. The van der Waals surface area contributed by atoms with E-state index in [9.17, 15) is 17.6 Å². The molecule has 1 atom stereocenters. The van der Waals surface area contributed by atoms with Crippen LogP contribution in [-0.2, 0) is 11.2 Å². The van der Waals surface area contributed by atoms with Gasteiger partial charge in [0.1, 0.15) is 29.6 Å². The molecule has 6 aromatic rings. The van der Waals surface area contributed by atoms with Crippen LogP contribution in [0, 0.1) is 12.7 Å². The van der Waals surface area contributed by atoms with Crippen LogP contribution in [0.1, 0.15) is 42.3 Å². The molecule has 1 fully saturated rings. The number of ether oxygens (including phenoxy) is 2. The monoisotopic (exact) mass is 629 g/mol. The van der Waals surface area contributed by atoms with Gasteiger partial charge in [-0.3, -0.25) is 9.55 Å². The Kier molecular flexibility index (Phi) is 7.69. The molecule has 1 aliphatic heterocycles. The summed E-state index contributed by atoms with van der Waals surface area (Å²) in [7, 11) is 0. The Morgan fingerprint density at radius 3 is 2.70 bits per heavy atom. The molecule has 7 rings (SSSR count). The normalized spacial score (nSPS) is 15.4. The lowest BCUT2D eigenvalue weighted by Gasteiger charge is -2.23. The maximum atomic E-state index is 14.0. The Labute approximate surface area is 260 Å². The molecule has 46 heavy (non-hydrogen) atoms. The molecule has 0 spiro atoms. The first kappa shape index (κ1) is 29.5. The number of hydrogen-bond donors (Lipinski definition) is 1. The summed E-state index contributed by atoms with van der Waals surface area (Å²) >= 11 is 0. The van der Waals surface area contributed by atoms with Gasteiger partial charge in [-0.15, -0.1) is 13.2 Å². The molecule has 4 aromatic heterocycles. The maximum absolute atomic E-state index is 14.0. The summed E-state index contributed by atoms with van der Waals surface area (Å²) in [5, 5.41) is 4.61. The van der Waals surface area contributed by atoms with Crippen LogP contribution in [0.25, 0.3) is 33.2 Å². The van der Waals surface area contributed by atoms with Gasteiger partial charge in [-0.05, 0) is 73.0 Å². The lowest BCUT2D eigenvalue weighted by atomic mass is 9.94. The van der Waals surface area contributed by atoms with Gasteiger partial charge in [-0.25, -0.2) is 24.3 Å². The summed E-state index contributed by atoms with van der Waals surface area (Å²) in [6, 6.07) is 12.7. The molecular formula is C33H27F4N7O2. The van der Waals surface area contributed by atoms with E-state index in [2.05, 4.69) is 30.0 Å². The minimum absolute atomic E-state index is 0.122. The summed E-state index contributed by atoms with van der Waals surface area (Å²) in [6.45, 7) is 2.70. The van der Waals surface area contributed by atoms with Crippen molar-refractivity contribution in [2.75, 3.05) is 11.9 Å². The third-order valence-corrected chi connectivity index (χ3v) is 8.03. The van der Waals surface area contributed by atoms with Crippen LogP contribution < -0.4 is 10.1 Å². The van der Waals surface area contributed by atoms with Crippen LogP contribution in [0.3, 0.4) is 0 Å². The highest BCUT2D eigenvalue weighted by atomic mass is 19.4. The average Bonchev–Trinajstić information content (AvgIpc) is 3.49. The van der Waals surface area contributed by atoms with E-state index in [-0.39, 0.29) is 11.9 Å². The number of hydrogen-bond acceptors (Lipinski definition) is 8. The number of nitrogens with one attached hydrogen (secondary N) is 1. The van der Waals surface area contributed by atoms with E-state index >= 15 is 0 Å². The fourth-order valence-corrected chi connectivity index (χ4v) is 5.85. The molecule has 1 aliphatic rings. The van der Waals surface area contributed by atoms with Crippen molar-refractivity contribution < 1.29 is 27.0 Å². The third-order valence-electron chi connectivity index (χ3n) is 8.03. The summed E-state index contributed by atoms with van der Waals surface area (Å²) < 4.78 is 64.2. The molecule has 5 heterocycles. The Morgan fingerprint density at radius 2 is 1.87 bits per heavy atom. The first-order chi connectivity index (χ1) is 22.2. The number of anilines is 2. The highest BCUT2D eigenvalue weighted by Crippen LogP contribution is 2.35. The lowest BCUT2D eigenvalue weighted by molar-refractivity contribution is -0.275. The summed E-state index contributed by atoms with van der Waals surface area (Å²) in [6.07, 6.45) is 4.91. The van der Waals surface area contributed by atoms with Crippen LogP contribution in [0.2, 0.25) is 0 Å². The molecule has 1 unspecified atom stereocenters. The lowest BCUT2D eigenvalue weighted by Crippen LogP contribution is -2.18. The van der Waals surface area contributed by atoms with E-state index in [0.29, 0.717) is 35.7 Å². The second-order valence-corrected chi connectivity index (χ2v) is 11.0. The van der Waals surface area contributed by atoms with E-state index in [0.717, 1.165) is 64.6 Å². The van der Waals surface area contributed by atoms with Gasteiger partial charge in [0, 0.05) is 48.1 Å². The molecule has 9 nitrogen and oxygen atoms in total. The SMILES string of the molecule is Cc1ccc2c(Nc3ccc(F)c(OC(F)(F)F)c3)nccc2c1Cc1ncccc1-c1ncnc2c1ncn2C1CCCCO1. The first-order valence-corrected chi connectivity index (χ1v) is 14.7. The Hall–Kier alpha value is -5.17. The Balaban J connectivity index is 1.25. The number of rotatable bonds is 7. The van der Waals surface area contributed by atoms with Crippen molar-refractivity contribution in [2.45, 2.75) is 45.2 Å². The van der Waals surface area contributed by atoms with Gasteiger partial charge in [-0.2, -0.15) is 0 Å². The van der Waals surface area contributed by atoms with Crippen LogP contribution in [0.5, 0.6) is 5.75 Å². The van der Waals surface area contributed by atoms with E-state index in [1.807, 2.05) is 41.8 Å². The number of nitrogens with zero attached hydrogens (tertiary/aromatic N) is 6. The fourth-order valence-electron chi connectivity index (χ4n) is 5.85. The molecule has 0 radical (unpaired) electrons. The molecule has 0 amide bonds. The number of aromatic nitrogens is 6. The zero-order valence-corrected chi connectivity index (χ0v) is 24.6. The average molecular weight is 630 g/mol. The minimum atomic E-state index is -5.03. The molecule has 2 aromatic carbocycles. The van der Waals surface area contributed by atoms with Crippen molar-refractivity contribution in [2.24, 2.45) is 0 Å². The largest absolute Gasteiger partial charge is 0.573 e. The molecule has 234 valence electrons. The van der Waals surface area contributed by atoms with Crippen LogP contribution >= 0.6 is 0 Å². The first-order valence-electron chi connectivity index (χ1n) is 14.7. The number of benzene rings is 2. The van der Waals surface area contributed by atoms with Crippen LogP contribution in [0.15, 0.2) is 73.6 Å². The number of halogens is 4. The zero-order valence-electron chi connectivity index (χ0n) is 24.6. The Bertz CT molecular complexity index is 2060. The highest BCUT2D eigenvalue weighted by molar-refractivity contribution is 5.96. The van der Waals surface area contributed by atoms with Crippen molar-refractivity contribution in [1.29, 1.82) is 0 Å². The number of fused-ring (bicyclic) bond motifs is 2. The topological polar surface area (TPSA) is 99.9 Å². The number of imidazole rings is 1. The van der Waals surface area contributed by atoms with Gasteiger partial charge >= 0.3 is 6.36 Å². The molecule has 0 bridgehead atoms. The molecule has 1 saturated heterocycles. The molecule has 13 heteroatoms. The van der Waals surface area contributed by atoms with Crippen molar-refractivity contribution in [3.05, 3.63) is 96.2 Å². The van der Waals surface area contributed by atoms with Crippen molar-refractivity contribution in [3.63, 3.8) is 0 Å². The third kappa shape index (κ3) is 5.81. The summed E-state index contributed by atoms with van der Waals surface area (Å²) in [5.74, 6) is -1.68. The van der Waals surface area contributed by atoms with Gasteiger partial charge < -0.3 is 14.8 Å². The van der Waals surface area contributed by atoms with Crippen molar-refractivity contribution in [1.82, 2.24) is 29.5 Å². The van der Waals surface area contributed by atoms with Gasteiger partial charge in [0.05, 0.1) is 12.0 Å². The second-order valence-electron chi connectivity index (χ2n) is 11.0. The molecule has 0 saturated carbocycles. The standard InChI is InChI=1S/C33H27F4N7O2/c1-19-7-9-22-21(11-13-39-31(22)43-20-8-10-25(34)27(15-20)46-33(35,36)37)24(19)16-26-23(5-4-12-38-26)29-30-32(41-17-40-29)44(18-42-30)28-6-2-3-14-45-28/h4-5,7-13,15,17-18,28H,2-3,6,14,16H2,1H3,(H,39,43). The van der Waals surface area contributed by atoms with Gasteiger partial charge in [0.25, 0.3) is 0 Å². The highest BCUT2D eigenvalue weighted by Gasteiger charge is 2.32. The molecule has 0 aliphatic carbocycles. The van der Waals surface area contributed by atoms with Crippen molar-refractivity contribution in [3.8, 4) is 17.0 Å². The fraction of sp³-hybridized carbons (Fsp3) is 0.242. The molecular weight excluding hydrogens is 602 g/mol. The number of pyridine rings is 2. The van der Waals surface area contributed by atoms with Gasteiger partial charge in [0.15, 0.2) is 17.2 Å². The number of alkyl halides is 3. The Morgan fingerprint density at radius 1 is 0.978 bits per heavy atom. The van der Waals surface area contributed by atoms with E-state index in [1.165, 1.54) is 12.4 Å². The maximum Gasteiger partial charge on any atom is 0.573 e. The minimum Gasteiger partial charge on any atom is -0.403 e. The second kappa shape index (κ2) is 12.0. The van der Waals surface area contributed by atoms with E-state index in [1.54, 1.807) is 18.7 Å². The zero-order chi connectivity index (χ0) is 31.8. The van der Waals surface area contributed by atoms with E-state index in [4.69, 9.17) is 9.72 Å². The summed E-state index contributed by atoms with van der Waals surface area (Å²) in [4.78, 5) is 23.0. The van der Waals surface area contributed by atoms with Gasteiger partial charge in [-0.1, -0.05) is 12.1 Å². The predicted octanol–water partition coefficient (Wildman–Crippen LogP) is 7.82. The summed E-state index contributed by atoms with van der Waals surface area (Å²) in [5.41, 5.74) is 5.78. The van der Waals surface area contributed by atoms with Crippen molar-refractivity contribution >= 4 is 33.4 Å². The van der Waals surface area contributed by atoms with Crippen LogP contribution in [-0.4, -0.2) is 42.5 Å². The molecule has 1 N–H and O–H groups in total. The van der Waals surface area contributed by atoms with Crippen LogP contribution in [0.4, 0.5) is 29.1 Å².